The van der Waals surface area contributed by atoms with E-state index in [4.69, 9.17) is 15.9 Å². The third-order valence-electron chi connectivity index (χ3n) is 6.33. The maximum absolute atomic E-state index is 12.7. The van der Waals surface area contributed by atoms with Gasteiger partial charge in [-0.1, -0.05) is 18.2 Å². The second-order valence-corrected chi connectivity index (χ2v) is 9.04. The smallest absolute Gasteiger partial charge is 0.242 e. The number of hydrogen-bond donors (Lipinski definition) is 5. The fourth-order valence-electron chi connectivity index (χ4n) is 4.29. The number of benzene rings is 2. The van der Waals surface area contributed by atoms with Crippen LogP contribution in [0.2, 0.25) is 0 Å². The number of likely N-dealkylation sites (tertiary alicyclic amines) is 1. The van der Waals surface area contributed by atoms with Crippen molar-refractivity contribution in [3.05, 3.63) is 72.1 Å². The normalized spacial score (nSPS) is 17.0. The molecule has 2 heterocycles. The summed E-state index contributed by atoms with van der Waals surface area (Å²) in [4.78, 5) is 23.1. The maximum atomic E-state index is 12.7. The second-order valence-electron chi connectivity index (χ2n) is 9.04. The van der Waals surface area contributed by atoms with Gasteiger partial charge in [0.15, 0.2) is 0 Å². The molecule has 1 aliphatic heterocycles. The van der Waals surface area contributed by atoms with Crippen LogP contribution < -0.4 is 21.1 Å². The molecule has 10 nitrogen and oxygen atoms in total. The molecule has 37 heavy (non-hydrogen) atoms. The van der Waals surface area contributed by atoms with Crippen LogP contribution in [0.25, 0.3) is 0 Å². The van der Waals surface area contributed by atoms with Crippen molar-refractivity contribution >= 4 is 23.3 Å². The van der Waals surface area contributed by atoms with Crippen molar-refractivity contribution in [2.24, 2.45) is 5.73 Å². The molecule has 0 bridgehead atoms. The van der Waals surface area contributed by atoms with Crippen molar-refractivity contribution in [3.63, 3.8) is 0 Å². The molecule has 194 valence electrons. The van der Waals surface area contributed by atoms with Crippen LogP contribution in [0.3, 0.4) is 0 Å². The number of para-hydroxylation sites is 1. The number of ether oxygens (including phenoxy) is 1. The Morgan fingerprint density at radius 2 is 1.81 bits per heavy atom. The summed E-state index contributed by atoms with van der Waals surface area (Å²) in [6.45, 7) is 2.53. The van der Waals surface area contributed by atoms with Gasteiger partial charge in [0.05, 0.1) is 17.4 Å². The van der Waals surface area contributed by atoms with E-state index < -0.39 is 12.1 Å². The quantitative estimate of drug-likeness (QED) is 0.280. The summed E-state index contributed by atoms with van der Waals surface area (Å²) < 4.78 is 5.87. The molecular weight excluding hydrogens is 470 g/mol. The van der Waals surface area contributed by atoms with Gasteiger partial charge in [-0.15, -0.1) is 0 Å². The highest BCUT2D eigenvalue weighted by Gasteiger charge is 2.30. The van der Waals surface area contributed by atoms with E-state index in [0.29, 0.717) is 41.6 Å². The van der Waals surface area contributed by atoms with Crippen LogP contribution in [0.4, 0.5) is 11.6 Å². The van der Waals surface area contributed by atoms with Gasteiger partial charge in [0.25, 0.3) is 0 Å². The predicted octanol–water partition coefficient (Wildman–Crippen LogP) is 2.84. The van der Waals surface area contributed by atoms with Crippen LogP contribution in [0.1, 0.15) is 30.9 Å². The number of nitrogens with two attached hydrogens (primary N) is 1. The predicted molar refractivity (Wildman–Crippen MR) is 143 cm³/mol. The van der Waals surface area contributed by atoms with E-state index in [1.807, 2.05) is 54.6 Å². The van der Waals surface area contributed by atoms with Crippen molar-refractivity contribution in [1.82, 2.24) is 14.9 Å². The van der Waals surface area contributed by atoms with Gasteiger partial charge >= 0.3 is 0 Å². The number of piperidine rings is 1. The number of amides is 1. The van der Waals surface area contributed by atoms with Gasteiger partial charge in [-0.2, -0.15) is 0 Å². The summed E-state index contributed by atoms with van der Waals surface area (Å²) in [5.74, 6) is 2.16. The molecule has 3 aromatic rings. The van der Waals surface area contributed by atoms with Gasteiger partial charge in [-0.05, 0) is 56.2 Å². The number of aliphatic hydroxyl groups excluding tert-OH is 1. The number of hydrogen-bond acceptors (Lipinski definition) is 9. The molecule has 0 aliphatic carbocycles. The Labute approximate surface area is 216 Å². The molecule has 2 aromatic carbocycles. The molecular formula is C27H33N7O3. The Morgan fingerprint density at radius 3 is 2.49 bits per heavy atom. The summed E-state index contributed by atoms with van der Waals surface area (Å²) in [6.07, 6.45) is 2.13. The van der Waals surface area contributed by atoms with Gasteiger partial charge in [-0.25, -0.2) is 9.97 Å². The van der Waals surface area contributed by atoms with Crippen molar-refractivity contribution in [2.45, 2.75) is 38.0 Å². The first-order valence-electron chi connectivity index (χ1n) is 12.3. The zero-order valence-electron chi connectivity index (χ0n) is 21.0. The lowest BCUT2D eigenvalue weighted by molar-refractivity contribution is -0.135. The van der Waals surface area contributed by atoms with Crippen LogP contribution in [0.15, 0.2) is 60.9 Å². The van der Waals surface area contributed by atoms with Crippen molar-refractivity contribution in [1.29, 1.82) is 5.41 Å². The Bertz CT molecular complexity index is 1220. The molecule has 0 spiro atoms. The maximum Gasteiger partial charge on any atom is 0.242 e. The van der Waals surface area contributed by atoms with E-state index in [-0.39, 0.29) is 17.7 Å². The second kappa shape index (κ2) is 11.8. The Morgan fingerprint density at radius 1 is 1.14 bits per heavy atom. The minimum atomic E-state index is -0.953. The lowest BCUT2D eigenvalue weighted by Crippen LogP contribution is -2.54. The first-order valence-corrected chi connectivity index (χ1v) is 12.3. The largest absolute Gasteiger partial charge is 0.457 e. The average molecular weight is 504 g/mol. The highest BCUT2D eigenvalue weighted by molar-refractivity contribution is 6.16. The first-order chi connectivity index (χ1) is 17.9. The minimum Gasteiger partial charge on any atom is -0.457 e. The Balaban J connectivity index is 1.52. The zero-order valence-corrected chi connectivity index (χ0v) is 21.0. The van der Waals surface area contributed by atoms with Crippen LogP contribution in [-0.4, -0.2) is 69.9 Å². The fraction of sp³-hybridized carbons (Fsp3) is 0.333. The summed E-state index contributed by atoms with van der Waals surface area (Å²) in [7, 11) is 1.75. The molecule has 6 N–H and O–H groups in total. The monoisotopic (exact) mass is 503 g/mol. The van der Waals surface area contributed by atoms with Crippen LogP contribution >= 0.6 is 0 Å². The minimum absolute atomic E-state index is 0.0910. The summed E-state index contributed by atoms with van der Waals surface area (Å²) in [5.41, 5.74) is 7.34. The lowest BCUT2D eigenvalue weighted by atomic mass is 10.0. The van der Waals surface area contributed by atoms with Crippen molar-refractivity contribution in [2.75, 3.05) is 30.8 Å². The molecule has 0 radical (unpaired) electrons. The number of anilines is 2. The van der Waals surface area contributed by atoms with Gasteiger partial charge in [0.1, 0.15) is 35.5 Å². The molecule has 0 saturated carbocycles. The summed E-state index contributed by atoms with van der Waals surface area (Å²) in [6, 6.07) is 15.8. The van der Waals surface area contributed by atoms with Crippen molar-refractivity contribution in [3.8, 4) is 11.5 Å². The van der Waals surface area contributed by atoms with E-state index in [0.717, 1.165) is 18.6 Å². The molecule has 4 rings (SSSR count). The number of carbonyl (C=O) groups is 1. The van der Waals surface area contributed by atoms with Gasteiger partial charge in [-0.3, -0.25) is 10.2 Å². The SMILES string of the molecule is CNc1ncnc(NC2CCCN(C(=O)C(N)C(C)O)C2)c1C(=N)c1ccc(Oc2ccccc2)cc1. The molecule has 1 amide bonds. The fourth-order valence-corrected chi connectivity index (χ4v) is 4.29. The van der Waals surface area contributed by atoms with Crippen LogP contribution in [0, 0.1) is 5.41 Å². The molecule has 1 aromatic heterocycles. The van der Waals surface area contributed by atoms with Crippen LogP contribution in [0.5, 0.6) is 11.5 Å². The van der Waals surface area contributed by atoms with E-state index in [1.54, 1.807) is 11.9 Å². The van der Waals surface area contributed by atoms with Crippen molar-refractivity contribution < 1.29 is 14.6 Å². The van der Waals surface area contributed by atoms with E-state index >= 15 is 0 Å². The van der Waals surface area contributed by atoms with E-state index in [9.17, 15) is 9.90 Å². The highest BCUT2D eigenvalue weighted by Crippen LogP contribution is 2.27. The standard InChI is InChI=1S/C27H33N7O3/c1-17(35)23(28)27(36)34-14-6-7-19(15-34)33-26-22(25(30-2)31-16-32-26)24(29)18-10-12-21(13-11-18)37-20-8-4-3-5-9-20/h3-5,8-13,16-17,19,23,29,35H,6-7,14-15,28H2,1-2H3,(H2,30,31,32,33). The number of nitrogens with one attached hydrogen (secondary N) is 3. The molecule has 1 saturated heterocycles. The highest BCUT2D eigenvalue weighted by atomic mass is 16.5. The summed E-state index contributed by atoms with van der Waals surface area (Å²) >= 11 is 0. The zero-order chi connectivity index (χ0) is 26.4. The molecule has 1 aliphatic rings. The van der Waals surface area contributed by atoms with E-state index in [1.165, 1.54) is 13.3 Å². The molecule has 3 unspecified atom stereocenters. The Hall–Kier alpha value is -4.02. The number of aliphatic hydroxyl groups is 1. The molecule has 1 fully saturated rings. The van der Waals surface area contributed by atoms with E-state index in [2.05, 4.69) is 20.6 Å². The van der Waals surface area contributed by atoms with Gasteiger partial charge in [0, 0.05) is 31.7 Å². The first kappa shape index (κ1) is 26.1. The molecule has 10 heteroatoms. The number of rotatable bonds is 9. The van der Waals surface area contributed by atoms with Gasteiger partial charge in [0.2, 0.25) is 5.91 Å². The third-order valence-corrected chi connectivity index (χ3v) is 6.33. The third kappa shape index (κ3) is 6.22. The number of aromatic nitrogens is 2. The van der Waals surface area contributed by atoms with Crippen LogP contribution in [-0.2, 0) is 4.79 Å². The number of carbonyl (C=O) groups excluding carboxylic acids is 1. The average Bonchev–Trinajstić information content (AvgIpc) is 2.92. The lowest BCUT2D eigenvalue weighted by Gasteiger charge is -2.35. The van der Waals surface area contributed by atoms with Gasteiger partial charge < -0.3 is 31.1 Å². The summed E-state index contributed by atoms with van der Waals surface area (Å²) in [5, 5.41) is 25.2. The number of nitrogens with zero attached hydrogens (tertiary/aromatic N) is 3. The Kier molecular flexibility index (Phi) is 8.32. The molecule has 3 atom stereocenters. The topological polar surface area (TPSA) is 149 Å².